The van der Waals surface area contributed by atoms with Gasteiger partial charge in [0.15, 0.2) is 0 Å². The minimum atomic E-state index is -4.71. The predicted molar refractivity (Wildman–Crippen MR) is 144 cm³/mol. The second-order valence-corrected chi connectivity index (χ2v) is 9.82. The largest absolute Gasteiger partial charge is 0.461 e. The van der Waals surface area contributed by atoms with E-state index in [9.17, 15) is 22.4 Å². The van der Waals surface area contributed by atoms with Crippen LogP contribution in [0.15, 0.2) is 97.2 Å². The van der Waals surface area contributed by atoms with Crippen LogP contribution in [-0.2, 0) is 18.4 Å². The van der Waals surface area contributed by atoms with Crippen LogP contribution in [0.5, 0.6) is 5.75 Å². The molecule has 0 saturated carbocycles. The number of amides is 2. The first-order valence-electron chi connectivity index (χ1n) is 12.5. The van der Waals surface area contributed by atoms with E-state index >= 15 is 0 Å². The SMILES string of the molecule is O=C(N[C@@](Cc1ccccc1)(c1cccc(OC(F)(F)C(F)F)c1)c1ccc(Cl)cn1)N1CCc2ccccc21. The highest BCUT2D eigenvalue weighted by Crippen LogP contribution is 2.37. The first-order valence-corrected chi connectivity index (χ1v) is 12.8. The maximum Gasteiger partial charge on any atom is 0.461 e. The van der Waals surface area contributed by atoms with Crippen LogP contribution in [0.1, 0.15) is 22.4 Å². The number of carbonyl (C=O) groups is 1. The highest BCUT2D eigenvalue weighted by atomic mass is 35.5. The van der Waals surface area contributed by atoms with Crippen molar-refractivity contribution in [2.75, 3.05) is 11.4 Å². The molecule has 1 aromatic heterocycles. The third-order valence-corrected chi connectivity index (χ3v) is 6.99. The van der Waals surface area contributed by atoms with E-state index in [0.717, 1.165) is 22.9 Å². The van der Waals surface area contributed by atoms with Gasteiger partial charge in [0, 0.05) is 24.8 Å². The highest BCUT2D eigenvalue weighted by Gasteiger charge is 2.45. The van der Waals surface area contributed by atoms with E-state index in [2.05, 4.69) is 15.0 Å². The molecule has 2 amide bonds. The Hall–Kier alpha value is -4.11. The zero-order valence-electron chi connectivity index (χ0n) is 21.0. The highest BCUT2D eigenvalue weighted by molar-refractivity contribution is 6.30. The Morgan fingerprint density at radius 1 is 1.00 bits per heavy atom. The summed E-state index contributed by atoms with van der Waals surface area (Å²) in [4.78, 5) is 20.1. The molecule has 0 bridgehead atoms. The number of benzene rings is 3. The van der Waals surface area contributed by atoms with Gasteiger partial charge in [0.05, 0.1) is 10.7 Å². The zero-order valence-corrected chi connectivity index (χ0v) is 21.8. The number of halogens is 5. The zero-order chi connectivity index (χ0) is 28.3. The number of aromatic nitrogens is 1. The minimum Gasteiger partial charge on any atom is -0.428 e. The van der Waals surface area contributed by atoms with Crippen molar-refractivity contribution in [3.05, 3.63) is 125 Å². The van der Waals surface area contributed by atoms with E-state index in [0.29, 0.717) is 29.2 Å². The van der Waals surface area contributed by atoms with Crippen LogP contribution < -0.4 is 15.0 Å². The molecule has 0 fully saturated rings. The molecular weight excluding hydrogens is 546 g/mol. The number of hydrogen-bond donors (Lipinski definition) is 1. The second-order valence-electron chi connectivity index (χ2n) is 9.38. The van der Waals surface area contributed by atoms with Crippen molar-refractivity contribution >= 4 is 23.3 Å². The molecule has 0 spiro atoms. The maximum absolute atomic E-state index is 13.9. The smallest absolute Gasteiger partial charge is 0.428 e. The van der Waals surface area contributed by atoms with E-state index in [4.69, 9.17) is 11.6 Å². The van der Waals surface area contributed by atoms with E-state index in [1.165, 1.54) is 18.3 Å². The lowest BCUT2D eigenvalue weighted by atomic mass is 9.80. The number of carbonyl (C=O) groups excluding carboxylic acids is 1. The Bertz CT molecular complexity index is 1490. The van der Waals surface area contributed by atoms with Gasteiger partial charge in [0.2, 0.25) is 0 Å². The van der Waals surface area contributed by atoms with Crippen LogP contribution in [0.25, 0.3) is 0 Å². The van der Waals surface area contributed by atoms with Crippen LogP contribution in [0, 0.1) is 0 Å². The molecule has 0 saturated heterocycles. The third-order valence-electron chi connectivity index (χ3n) is 6.76. The normalized spacial score (nSPS) is 14.5. The molecule has 5 rings (SSSR count). The molecule has 5 nitrogen and oxygen atoms in total. The molecule has 1 atom stereocenters. The van der Waals surface area contributed by atoms with Gasteiger partial charge < -0.3 is 10.1 Å². The number of rotatable bonds is 8. The van der Waals surface area contributed by atoms with Gasteiger partial charge in [0.1, 0.15) is 11.3 Å². The topological polar surface area (TPSA) is 54.5 Å². The van der Waals surface area contributed by atoms with Crippen molar-refractivity contribution in [1.82, 2.24) is 10.3 Å². The number of para-hydroxylation sites is 1. The van der Waals surface area contributed by atoms with Gasteiger partial charge in [-0.3, -0.25) is 9.88 Å². The molecule has 1 aliphatic heterocycles. The average Bonchev–Trinajstić information content (AvgIpc) is 3.38. The molecule has 1 N–H and O–H groups in total. The molecule has 0 unspecified atom stereocenters. The average molecular weight is 570 g/mol. The van der Waals surface area contributed by atoms with E-state index in [-0.39, 0.29) is 6.42 Å². The van der Waals surface area contributed by atoms with Gasteiger partial charge in [-0.05, 0) is 53.4 Å². The lowest BCUT2D eigenvalue weighted by molar-refractivity contribution is -0.253. The van der Waals surface area contributed by atoms with Crippen LogP contribution in [0.3, 0.4) is 0 Å². The van der Waals surface area contributed by atoms with Crippen molar-refractivity contribution in [3.8, 4) is 5.75 Å². The van der Waals surface area contributed by atoms with Crippen LogP contribution >= 0.6 is 11.6 Å². The number of urea groups is 1. The summed E-state index contributed by atoms with van der Waals surface area (Å²) in [5.74, 6) is -0.491. The summed E-state index contributed by atoms with van der Waals surface area (Å²) in [6, 6.07) is 24.9. The molecule has 0 aliphatic carbocycles. The first kappa shape index (κ1) is 27.5. The third kappa shape index (κ3) is 5.60. The van der Waals surface area contributed by atoms with E-state index in [1.807, 2.05) is 54.6 Å². The number of nitrogens with one attached hydrogen (secondary N) is 1. The summed E-state index contributed by atoms with van der Waals surface area (Å²) < 4.78 is 58.0. The number of ether oxygens (including phenoxy) is 1. The molecule has 1 aliphatic rings. The summed E-state index contributed by atoms with van der Waals surface area (Å²) in [5, 5.41) is 3.47. The Labute approximate surface area is 233 Å². The Morgan fingerprint density at radius 2 is 1.75 bits per heavy atom. The van der Waals surface area contributed by atoms with Crippen molar-refractivity contribution < 1.29 is 27.1 Å². The first-order chi connectivity index (χ1) is 19.2. The number of anilines is 1. The second kappa shape index (κ2) is 11.2. The molecule has 40 heavy (non-hydrogen) atoms. The van der Waals surface area contributed by atoms with Crippen molar-refractivity contribution in [2.24, 2.45) is 0 Å². The molecular formula is C30H24ClF4N3O2. The fraction of sp³-hybridized carbons (Fsp3) is 0.200. The van der Waals surface area contributed by atoms with E-state index in [1.54, 1.807) is 23.1 Å². The van der Waals surface area contributed by atoms with Crippen molar-refractivity contribution in [1.29, 1.82) is 0 Å². The number of hydrogen-bond acceptors (Lipinski definition) is 3. The number of pyridine rings is 1. The number of alkyl halides is 4. The van der Waals surface area contributed by atoms with Gasteiger partial charge >= 0.3 is 18.6 Å². The monoisotopic (exact) mass is 569 g/mol. The standard InChI is InChI=1S/C30H24ClF4N3O2/c31-23-13-14-26(36-19-23)29(18-20-7-2-1-3-8-20,22-10-6-11-24(17-22)40-30(34,35)27(32)33)37-28(39)38-16-15-21-9-4-5-12-25(21)38/h1-14,17,19,27H,15-16,18H2,(H,37,39)/t29-/m0/s1. The number of fused-ring (bicyclic) bond motifs is 1. The lowest BCUT2D eigenvalue weighted by Gasteiger charge is -2.37. The molecule has 3 aromatic carbocycles. The fourth-order valence-electron chi connectivity index (χ4n) is 4.88. The summed E-state index contributed by atoms with van der Waals surface area (Å²) in [6.45, 7) is 0.435. The van der Waals surface area contributed by atoms with Crippen molar-refractivity contribution in [2.45, 2.75) is 30.9 Å². The molecule has 2 heterocycles. The lowest BCUT2D eigenvalue weighted by Crippen LogP contribution is -2.53. The quantitative estimate of drug-likeness (QED) is 0.228. The van der Waals surface area contributed by atoms with Gasteiger partial charge in [-0.1, -0.05) is 72.3 Å². The minimum absolute atomic E-state index is 0.151. The molecule has 0 radical (unpaired) electrons. The molecule has 4 aromatic rings. The van der Waals surface area contributed by atoms with E-state index < -0.39 is 29.9 Å². The van der Waals surface area contributed by atoms with Gasteiger partial charge in [-0.15, -0.1) is 0 Å². The molecule has 10 heteroatoms. The van der Waals surface area contributed by atoms with Gasteiger partial charge in [0.25, 0.3) is 0 Å². The maximum atomic E-state index is 13.9. The fourth-order valence-corrected chi connectivity index (χ4v) is 4.99. The van der Waals surface area contributed by atoms with Crippen LogP contribution in [0.4, 0.5) is 28.0 Å². The summed E-state index contributed by atoms with van der Waals surface area (Å²) in [6.07, 6.45) is -6.50. The van der Waals surface area contributed by atoms with Crippen LogP contribution in [0.2, 0.25) is 5.02 Å². The molecule has 206 valence electrons. The van der Waals surface area contributed by atoms with Gasteiger partial charge in [-0.2, -0.15) is 17.6 Å². The Balaban J connectivity index is 1.65. The van der Waals surface area contributed by atoms with Gasteiger partial charge in [-0.25, -0.2) is 4.79 Å². The number of nitrogens with zero attached hydrogens (tertiary/aromatic N) is 2. The summed E-state index contributed by atoms with van der Waals surface area (Å²) in [5.41, 5.74) is 1.80. The Morgan fingerprint density at radius 3 is 2.48 bits per heavy atom. The van der Waals surface area contributed by atoms with Crippen molar-refractivity contribution in [3.63, 3.8) is 0 Å². The summed E-state index contributed by atoms with van der Waals surface area (Å²) >= 11 is 6.13. The Kier molecular flexibility index (Phi) is 7.67. The predicted octanol–water partition coefficient (Wildman–Crippen LogP) is 7.23. The van der Waals surface area contributed by atoms with Crippen LogP contribution in [-0.4, -0.2) is 30.1 Å². The summed E-state index contributed by atoms with van der Waals surface area (Å²) in [7, 11) is 0.